The first kappa shape index (κ1) is 19.5. The monoisotopic (exact) mass is 430 g/mol. The second-order valence-corrected chi connectivity index (χ2v) is 8.56. The van der Waals surface area contributed by atoms with Crippen molar-refractivity contribution in [3.8, 4) is 0 Å². The number of hydrogen-bond acceptors (Lipinski definition) is 5. The largest absolute Gasteiger partial charge is 0.281 e. The second kappa shape index (κ2) is 7.43. The summed E-state index contributed by atoms with van der Waals surface area (Å²) >= 11 is 5.73. The molecular weight excluding hydrogens is 421 g/mol. The van der Waals surface area contributed by atoms with Crippen LogP contribution >= 0.6 is 24.0 Å². The Bertz CT molecular complexity index is 1050. The zero-order valence-corrected chi connectivity index (χ0v) is 15.6. The summed E-state index contributed by atoms with van der Waals surface area (Å²) in [6.45, 7) is 0. The quantitative estimate of drug-likeness (QED) is 0.459. The Morgan fingerprint density at radius 2 is 1.67 bits per heavy atom. The molecule has 1 aliphatic rings. The summed E-state index contributed by atoms with van der Waals surface area (Å²) in [6.07, 6.45) is 1.09. The van der Waals surface area contributed by atoms with E-state index in [4.69, 9.17) is 12.2 Å². The lowest BCUT2D eigenvalue weighted by molar-refractivity contribution is -0.123. The van der Waals surface area contributed by atoms with E-state index in [1.807, 2.05) is 0 Å². The van der Waals surface area contributed by atoms with Gasteiger partial charge in [-0.1, -0.05) is 42.2 Å². The summed E-state index contributed by atoms with van der Waals surface area (Å²) in [5.74, 6) is -5.28. The molecule has 0 bridgehead atoms. The molecule has 2 aromatic carbocycles. The molecule has 0 aliphatic carbocycles. The maximum absolute atomic E-state index is 13.3. The van der Waals surface area contributed by atoms with Gasteiger partial charge < -0.3 is 0 Å². The van der Waals surface area contributed by atoms with E-state index >= 15 is 0 Å². The van der Waals surface area contributed by atoms with Gasteiger partial charge in [0.25, 0.3) is 15.9 Å². The first-order chi connectivity index (χ1) is 12.7. The van der Waals surface area contributed by atoms with Crippen molar-refractivity contribution in [2.24, 2.45) is 0 Å². The van der Waals surface area contributed by atoms with Crippen LogP contribution in [0.1, 0.15) is 5.56 Å². The number of benzene rings is 2. The Morgan fingerprint density at radius 3 is 2.26 bits per heavy atom. The Balaban J connectivity index is 1.87. The first-order valence-electron chi connectivity index (χ1n) is 7.19. The molecule has 11 heteroatoms. The van der Waals surface area contributed by atoms with Gasteiger partial charge in [0, 0.05) is 0 Å². The summed E-state index contributed by atoms with van der Waals surface area (Å²) in [6, 6.07) is 8.73. The van der Waals surface area contributed by atoms with Gasteiger partial charge in [-0.25, -0.2) is 26.6 Å². The van der Waals surface area contributed by atoms with Gasteiger partial charge >= 0.3 is 0 Å². The molecule has 0 spiro atoms. The van der Waals surface area contributed by atoms with Crippen molar-refractivity contribution < 1.29 is 26.4 Å². The Hall–Kier alpha value is -2.21. The number of carbonyl (C=O) groups excluding carboxylic acids is 1. The van der Waals surface area contributed by atoms with Crippen LogP contribution in [0.3, 0.4) is 0 Å². The summed E-state index contributed by atoms with van der Waals surface area (Å²) in [5, 5.41) is 0.643. The topological polar surface area (TPSA) is 66.5 Å². The number of amides is 1. The van der Waals surface area contributed by atoms with Crippen molar-refractivity contribution in [3.05, 3.63) is 70.4 Å². The van der Waals surface area contributed by atoms with Crippen molar-refractivity contribution in [1.82, 2.24) is 9.84 Å². The van der Waals surface area contributed by atoms with Crippen LogP contribution in [0.15, 0.2) is 52.3 Å². The maximum Gasteiger partial charge on any atom is 0.281 e. The molecule has 0 unspecified atom stereocenters. The number of thiocarbonyl (C=S) groups is 1. The second-order valence-electron chi connectivity index (χ2n) is 5.22. The standard InChI is InChI=1S/C16H9F3N2O3S3/c17-11-6-9(7-12(18)14(11)19)8-13-15(22)21(16(25)26-13)20-27(23,24)10-4-2-1-3-5-10/h1-8,20H/b13-8-. The molecule has 2 aromatic rings. The fraction of sp³-hybridized carbons (Fsp3) is 0. The average molecular weight is 430 g/mol. The van der Waals surface area contributed by atoms with Crippen LogP contribution in [0.2, 0.25) is 0 Å². The molecule has 0 aromatic heterocycles. The molecule has 1 amide bonds. The Labute approximate surface area is 161 Å². The van der Waals surface area contributed by atoms with Gasteiger partial charge in [-0.05, 0) is 35.9 Å². The van der Waals surface area contributed by atoms with E-state index in [2.05, 4.69) is 4.83 Å². The van der Waals surface area contributed by atoms with Gasteiger partial charge in [0.2, 0.25) is 0 Å². The Kier molecular flexibility index (Phi) is 5.38. The third kappa shape index (κ3) is 4.05. The number of hydrazine groups is 1. The normalized spacial score (nSPS) is 16.4. The van der Waals surface area contributed by atoms with Crippen molar-refractivity contribution in [2.45, 2.75) is 4.90 Å². The van der Waals surface area contributed by atoms with Crippen molar-refractivity contribution in [2.75, 3.05) is 0 Å². The highest BCUT2D eigenvalue weighted by Gasteiger charge is 2.35. The van der Waals surface area contributed by atoms with E-state index in [9.17, 15) is 26.4 Å². The number of thioether (sulfide) groups is 1. The van der Waals surface area contributed by atoms with Gasteiger partial charge in [-0.3, -0.25) is 4.79 Å². The van der Waals surface area contributed by atoms with Crippen molar-refractivity contribution in [1.29, 1.82) is 0 Å². The molecule has 3 rings (SSSR count). The predicted octanol–water partition coefficient (Wildman–Crippen LogP) is 3.20. The zero-order valence-electron chi connectivity index (χ0n) is 13.1. The minimum Gasteiger partial charge on any atom is -0.267 e. The number of rotatable bonds is 4. The minimum atomic E-state index is -4.07. The van der Waals surface area contributed by atoms with Crippen molar-refractivity contribution in [3.63, 3.8) is 0 Å². The van der Waals surface area contributed by atoms with E-state index in [0.717, 1.165) is 17.8 Å². The molecule has 140 valence electrons. The molecular formula is C16H9F3N2O3S3. The molecule has 0 atom stereocenters. The molecule has 1 fully saturated rings. The smallest absolute Gasteiger partial charge is 0.267 e. The lowest BCUT2D eigenvalue weighted by Gasteiger charge is -2.15. The number of nitrogens with zero attached hydrogens (tertiary/aromatic N) is 1. The molecule has 0 radical (unpaired) electrons. The molecule has 27 heavy (non-hydrogen) atoms. The lowest BCUT2D eigenvalue weighted by Crippen LogP contribution is -2.44. The summed E-state index contributed by atoms with van der Waals surface area (Å²) < 4.78 is 64.2. The van der Waals surface area contributed by atoms with Gasteiger partial charge in [0.15, 0.2) is 21.8 Å². The van der Waals surface area contributed by atoms with Crippen LogP contribution in [-0.2, 0) is 14.8 Å². The molecule has 5 nitrogen and oxygen atoms in total. The fourth-order valence-electron chi connectivity index (χ4n) is 2.13. The van der Waals surface area contributed by atoms with Crippen LogP contribution < -0.4 is 4.83 Å². The van der Waals surface area contributed by atoms with E-state index in [0.29, 0.717) is 17.1 Å². The maximum atomic E-state index is 13.3. The van der Waals surface area contributed by atoms with Gasteiger partial charge in [0.05, 0.1) is 9.80 Å². The van der Waals surface area contributed by atoms with E-state index in [1.165, 1.54) is 24.3 Å². The molecule has 0 saturated carbocycles. The van der Waals surface area contributed by atoms with Crippen LogP contribution in [-0.4, -0.2) is 23.7 Å². The van der Waals surface area contributed by atoms with Gasteiger partial charge in [-0.2, -0.15) is 0 Å². The third-order valence-electron chi connectivity index (χ3n) is 3.36. The number of hydrogen-bond donors (Lipinski definition) is 1. The summed E-state index contributed by atoms with van der Waals surface area (Å²) in [7, 11) is -4.07. The zero-order chi connectivity index (χ0) is 19.8. The number of halogens is 3. The minimum absolute atomic E-state index is 0.0780. The van der Waals surface area contributed by atoms with Crippen LogP contribution in [0.4, 0.5) is 13.2 Å². The van der Waals surface area contributed by atoms with Gasteiger partial charge in [0.1, 0.15) is 0 Å². The first-order valence-corrected chi connectivity index (χ1v) is 9.90. The number of sulfonamides is 1. The lowest BCUT2D eigenvalue weighted by atomic mass is 10.2. The summed E-state index contributed by atoms with van der Waals surface area (Å²) in [5.41, 5.74) is -0.113. The highest BCUT2D eigenvalue weighted by atomic mass is 32.2. The predicted molar refractivity (Wildman–Crippen MR) is 98.1 cm³/mol. The third-order valence-corrected chi connectivity index (χ3v) is 5.98. The molecule has 1 aliphatic heterocycles. The highest BCUT2D eigenvalue weighted by molar-refractivity contribution is 8.26. The Morgan fingerprint density at radius 1 is 1.07 bits per heavy atom. The van der Waals surface area contributed by atoms with Crippen LogP contribution in [0.25, 0.3) is 6.08 Å². The molecule has 1 saturated heterocycles. The van der Waals surface area contributed by atoms with Crippen molar-refractivity contribution >= 4 is 50.3 Å². The van der Waals surface area contributed by atoms with E-state index in [1.54, 1.807) is 6.07 Å². The SMILES string of the molecule is O=C1/C(=C/c2cc(F)c(F)c(F)c2)SC(=S)N1NS(=O)(=O)c1ccccc1. The molecule has 1 N–H and O–H groups in total. The molecule has 1 heterocycles. The summed E-state index contributed by atoms with van der Waals surface area (Å²) in [4.78, 5) is 14.3. The fourth-order valence-corrected chi connectivity index (χ4v) is 4.46. The number of carbonyl (C=O) groups is 1. The highest BCUT2D eigenvalue weighted by Crippen LogP contribution is 2.32. The van der Waals surface area contributed by atoms with E-state index in [-0.39, 0.29) is 19.7 Å². The van der Waals surface area contributed by atoms with Crippen LogP contribution in [0.5, 0.6) is 0 Å². The average Bonchev–Trinajstić information content (AvgIpc) is 2.87. The van der Waals surface area contributed by atoms with Crippen LogP contribution in [0, 0.1) is 17.5 Å². The number of nitrogens with one attached hydrogen (secondary N) is 1. The van der Waals surface area contributed by atoms with E-state index < -0.39 is 33.4 Å². The van der Waals surface area contributed by atoms with Gasteiger partial charge in [-0.15, -0.1) is 4.83 Å².